The number of rotatable bonds is 4. The van der Waals surface area contributed by atoms with E-state index in [1.165, 1.54) is 6.92 Å². The van der Waals surface area contributed by atoms with E-state index in [0.717, 1.165) is 0 Å². The standard InChI is InChI=1S/C14H29N5O7/c1-3(20)11-10(24)8(22)6(16)13(25-11)26-12-4(15)2-5(19-14(17)18)7(21)9(12)23/h3-13,20-24H,2,15-16H2,1H3,(H4,17,18,19)/t3-,4?,5-,6?,7?,8?,9?,10+,11?,12-,13-/m1/s1. The average Bonchev–Trinajstić information content (AvgIpc) is 2.55. The van der Waals surface area contributed by atoms with Gasteiger partial charge in [0.05, 0.1) is 18.2 Å². The van der Waals surface area contributed by atoms with Crippen molar-refractivity contribution < 1.29 is 35.0 Å². The molecule has 0 bridgehead atoms. The Balaban J connectivity index is 2.12. The van der Waals surface area contributed by atoms with Crippen molar-refractivity contribution in [2.75, 3.05) is 0 Å². The molecule has 0 aromatic carbocycles. The third kappa shape index (κ3) is 4.24. The van der Waals surface area contributed by atoms with Crippen molar-refractivity contribution in [2.45, 2.75) is 80.5 Å². The van der Waals surface area contributed by atoms with Gasteiger partial charge in [-0.3, -0.25) is 0 Å². The van der Waals surface area contributed by atoms with E-state index in [9.17, 15) is 25.5 Å². The second kappa shape index (κ2) is 8.29. The van der Waals surface area contributed by atoms with Gasteiger partial charge in [0, 0.05) is 6.04 Å². The summed E-state index contributed by atoms with van der Waals surface area (Å²) in [5.41, 5.74) is 22.4. The van der Waals surface area contributed by atoms with E-state index in [1.807, 2.05) is 0 Å². The van der Waals surface area contributed by atoms with Crippen LogP contribution < -0.4 is 22.9 Å². The Hall–Kier alpha value is -1.09. The monoisotopic (exact) mass is 379 g/mol. The minimum Gasteiger partial charge on any atom is -0.391 e. The summed E-state index contributed by atoms with van der Waals surface area (Å²) in [7, 11) is 0. The maximum Gasteiger partial charge on any atom is 0.186 e. The first-order valence-electron chi connectivity index (χ1n) is 8.35. The Morgan fingerprint density at radius 1 is 1.08 bits per heavy atom. The molecule has 1 saturated heterocycles. The van der Waals surface area contributed by atoms with Gasteiger partial charge >= 0.3 is 0 Å². The van der Waals surface area contributed by atoms with Crippen LogP contribution in [-0.2, 0) is 9.47 Å². The first-order valence-corrected chi connectivity index (χ1v) is 8.35. The van der Waals surface area contributed by atoms with E-state index in [2.05, 4.69) is 4.99 Å². The van der Waals surface area contributed by atoms with Gasteiger partial charge in [0.2, 0.25) is 0 Å². The van der Waals surface area contributed by atoms with Gasteiger partial charge in [-0.25, -0.2) is 4.99 Å². The molecule has 13 N–H and O–H groups in total. The highest BCUT2D eigenvalue weighted by atomic mass is 16.7. The summed E-state index contributed by atoms with van der Waals surface area (Å²) in [6.07, 6.45) is -10.1. The van der Waals surface area contributed by atoms with Crippen LogP contribution in [0.5, 0.6) is 0 Å². The van der Waals surface area contributed by atoms with E-state index < -0.39 is 67.1 Å². The minimum atomic E-state index is -1.45. The normalized spacial score (nSPS) is 48.0. The summed E-state index contributed by atoms with van der Waals surface area (Å²) in [5.74, 6) is -0.248. The molecule has 0 aromatic heterocycles. The molecule has 0 aromatic rings. The molecular weight excluding hydrogens is 350 g/mol. The SMILES string of the molecule is C[C@@H](O)C1O[C@H](O[C@@H]2C(N)C[C@@H](N=C(N)N)C(O)C2O)C(N)C(O)[C@@H]1O. The number of aliphatic hydroxyl groups is 5. The molecule has 152 valence electrons. The highest BCUT2D eigenvalue weighted by molar-refractivity contribution is 5.75. The van der Waals surface area contributed by atoms with Crippen LogP contribution in [0, 0.1) is 0 Å². The smallest absolute Gasteiger partial charge is 0.186 e. The molecule has 2 fully saturated rings. The van der Waals surface area contributed by atoms with Crippen molar-refractivity contribution in [3.8, 4) is 0 Å². The Kier molecular flexibility index (Phi) is 6.76. The van der Waals surface area contributed by atoms with Crippen molar-refractivity contribution in [1.29, 1.82) is 0 Å². The lowest BCUT2D eigenvalue weighted by Crippen LogP contribution is -2.67. The molecule has 11 atom stereocenters. The summed E-state index contributed by atoms with van der Waals surface area (Å²) < 4.78 is 11.1. The van der Waals surface area contributed by atoms with Crippen molar-refractivity contribution in [3.05, 3.63) is 0 Å². The number of hydrogen-bond donors (Lipinski definition) is 9. The highest BCUT2D eigenvalue weighted by Crippen LogP contribution is 2.29. The topological polar surface area (TPSA) is 236 Å². The van der Waals surface area contributed by atoms with Crippen molar-refractivity contribution >= 4 is 5.96 Å². The number of aliphatic imine (C=N–C) groups is 1. The van der Waals surface area contributed by atoms with E-state index in [0.29, 0.717) is 0 Å². The molecular formula is C14H29N5O7. The Morgan fingerprint density at radius 2 is 1.69 bits per heavy atom. The van der Waals surface area contributed by atoms with Gasteiger partial charge < -0.3 is 57.9 Å². The molecule has 1 heterocycles. The summed E-state index contributed by atoms with van der Waals surface area (Å²) in [5, 5.41) is 50.2. The van der Waals surface area contributed by atoms with Gasteiger partial charge in [-0.05, 0) is 13.3 Å². The minimum absolute atomic E-state index is 0.119. The Labute approximate surface area is 150 Å². The summed E-state index contributed by atoms with van der Waals surface area (Å²) in [6, 6.07) is -2.73. The third-order valence-corrected chi connectivity index (χ3v) is 4.78. The zero-order valence-electron chi connectivity index (χ0n) is 14.4. The van der Waals surface area contributed by atoms with Crippen molar-refractivity contribution in [1.82, 2.24) is 0 Å². The van der Waals surface area contributed by atoms with Crippen LogP contribution in [0.15, 0.2) is 4.99 Å². The van der Waals surface area contributed by atoms with E-state index in [1.54, 1.807) is 0 Å². The van der Waals surface area contributed by atoms with Crippen LogP contribution in [-0.4, -0.2) is 98.6 Å². The number of nitrogens with zero attached hydrogens (tertiary/aromatic N) is 1. The molecule has 2 rings (SSSR count). The zero-order valence-corrected chi connectivity index (χ0v) is 14.4. The molecule has 12 nitrogen and oxygen atoms in total. The predicted octanol–water partition coefficient (Wildman–Crippen LogP) is -5.38. The summed E-state index contributed by atoms with van der Waals surface area (Å²) in [6.45, 7) is 1.37. The zero-order chi connectivity index (χ0) is 19.8. The molecule has 1 aliphatic heterocycles. The van der Waals surface area contributed by atoms with Gasteiger partial charge in [-0.1, -0.05) is 0 Å². The Morgan fingerprint density at radius 3 is 2.23 bits per heavy atom. The molecule has 2 aliphatic rings. The fourth-order valence-corrected chi connectivity index (χ4v) is 3.32. The van der Waals surface area contributed by atoms with Crippen LogP contribution >= 0.6 is 0 Å². The lowest BCUT2D eigenvalue weighted by Gasteiger charge is -2.46. The van der Waals surface area contributed by atoms with Crippen LogP contribution in [0.3, 0.4) is 0 Å². The number of aliphatic hydroxyl groups excluding tert-OH is 5. The van der Waals surface area contributed by atoms with E-state index in [4.69, 9.17) is 32.4 Å². The average molecular weight is 379 g/mol. The number of hydrogen-bond acceptors (Lipinski definition) is 10. The van der Waals surface area contributed by atoms with Gasteiger partial charge in [0.25, 0.3) is 0 Å². The first kappa shape index (κ1) is 21.2. The van der Waals surface area contributed by atoms with Gasteiger partial charge in [-0.2, -0.15) is 0 Å². The fourth-order valence-electron chi connectivity index (χ4n) is 3.32. The van der Waals surface area contributed by atoms with E-state index in [-0.39, 0.29) is 12.4 Å². The summed E-state index contributed by atoms with van der Waals surface area (Å²) in [4.78, 5) is 3.84. The van der Waals surface area contributed by atoms with Crippen LogP contribution in [0.4, 0.5) is 0 Å². The number of ether oxygens (including phenoxy) is 2. The molecule has 26 heavy (non-hydrogen) atoms. The molecule has 0 amide bonds. The molecule has 6 unspecified atom stereocenters. The van der Waals surface area contributed by atoms with Crippen LogP contribution in [0.1, 0.15) is 13.3 Å². The molecule has 0 spiro atoms. The van der Waals surface area contributed by atoms with Crippen LogP contribution in [0.2, 0.25) is 0 Å². The largest absolute Gasteiger partial charge is 0.391 e. The summed E-state index contributed by atoms with van der Waals surface area (Å²) >= 11 is 0. The quantitative estimate of drug-likeness (QED) is 0.165. The second-order valence-corrected chi connectivity index (χ2v) is 6.87. The maximum absolute atomic E-state index is 10.3. The van der Waals surface area contributed by atoms with Crippen molar-refractivity contribution in [2.24, 2.45) is 27.9 Å². The van der Waals surface area contributed by atoms with Gasteiger partial charge in [0.15, 0.2) is 12.2 Å². The lowest BCUT2D eigenvalue weighted by atomic mass is 9.84. The van der Waals surface area contributed by atoms with E-state index >= 15 is 0 Å². The fraction of sp³-hybridized carbons (Fsp3) is 0.929. The Bertz CT molecular complexity index is 506. The number of guanidine groups is 1. The maximum atomic E-state index is 10.3. The second-order valence-electron chi connectivity index (χ2n) is 6.87. The van der Waals surface area contributed by atoms with Gasteiger partial charge in [0.1, 0.15) is 36.6 Å². The molecule has 12 heteroatoms. The number of nitrogens with two attached hydrogens (primary N) is 4. The molecule has 1 saturated carbocycles. The molecule has 1 aliphatic carbocycles. The van der Waals surface area contributed by atoms with Crippen molar-refractivity contribution in [3.63, 3.8) is 0 Å². The highest BCUT2D eigenvalue weighted by Gasteiger charge is 2.49. The molecule has 0 radical (unpaired) electrons. The van der Waals surface area contributed by atoms with Crippen LogP contribution in [0.25, 0.3) is 0 Å². The predicted molar refractivity (Wildman–Crippen MR) is 89.4 cm³/mol. The lowest BCUT2D eigenvalue weighted by molar-refractivity contribution is -0.301. The third-order valence-electron chi connectivity index (χ3n) is 4.78. The van der Waals surface area contributed by atoms with Gasteiger partial charge in [-0.15, -0.1) is 0 Å². The first-order chi connectivity index (χ1) is 12.0.